The Labute approximate surface area is 116 Å². The van der Waals surface area contributed by atoms with Crippen molar-refractivity contribution in [1.29, 1.82) is 0 Å². The van der Waals surface area contributed by atoms with E-state index >= 15 is 0 Å². The van der Waals surface area contributed by atoms with Crippen molar-refractivity contribution in [3.05, 3.63) is 30.0 Å². The summed E-state index contributed by atoms with van der Waals surface area (Å²) in [5, 5.41) is 10.6. The average molecular weight is 272 g/mol. The van der Waals surface area contributed by atoms with E-state index in [1.54, 1.807) is 11.1 Å². The zero-order valence-electron chi connectivity index (χ0n) is 11.1. The number of rotatable bonds is 2. The molecule has 1 saturated heterocycles. The highest BCUT2D eigenvalue weighted by molar-refractivity contribution is 5.84. The number of aromatic amines is 1. The van der Waals surface area contributed by atoms with Gasteiger partial charge in [-0.05, 0) is 17.7 Å². The smallest absolute Gasteiger partial charge is 0.227 e. The third kappa shape index (κ3) is 2.64. The number of hydrogen-bond acceptors (Lipinski definition) is 3. The van der Waals surface area contributed by atoms with Crippen LogP contribution < -0.4 is 5.32 Å². The average Bonchev–Trinajstić information content (AvgIpc) is 2.79. The van der Waals surface area contributed by atoms with Crippen LogP contribution in [0.5, 0.6) is 0 Å². The molecular formula is C14H16N4O2. The fourth-order valence-electron chi connectivity index (χ4n) is 2.40. The van der Waals surface area contributed by atoms with Crippen LogP contribution in [0.2, 0.25) is 0 Å². The minimum Gasteiger partial charge on any atom is -0.354 e. The maximum atomic E-state index is 12.3. The summed E-state index contributed by atoms with van der Waals surface area (Å²) in [6.07, 6.45) is 2.49. The number of benzene rings is 1. The lowest BCUT2D eigenvalue weighted by Gasteiger charge is -2.19. The first-order valence-corrected chi connectivity index (χ1v) is 6.69. The number of carbonyl (C=O) groups excluding carboxylic acids is 2. The van der Waals surface area contributed by atoms with Crippen LogP contribution in [0.25, 0.3) is 10.9 Å². The molecule has 1 aliphatic rings. The fourth-order valence-corrected chi connectivity index (χ4v) is 2.40. The Morgan fingerprint density at radius 1 is 1.35 bits per heavy atom. The topological polar surface area (TPSA) is 78.1 Å². The van der Waals surface area contributed by atoms with E-state index in [9.17, 15) is 9.59 Å². The van der Waals surface area contributed by atoms with Crippen molar-refractivity contribution in [2.75, 3.05) is 19.6 Å². The molecule has 0 bridgehead atoms. The molecule has 2 amide bonds. The Hall–Kier alpha value is -2.37. The number of fused-ring (bicyclic) bond motifs is 1. The summed E-state index contributed by atoms with van der Waals surface area (Å²) in [5.74, 6) is 0.0736. The van der Waals surface area contributed by atoms with E-state index in [1.807, 2.05) is 18.2 Å². The number of aromatic nitrogens is 2. The zero-order valence-corrected chi connectivity index (χ0v) is 11.1. The SMILES string of the molecule is O=C1CCN(C(=O)Cc2ccc3[nH]ncc3c2)CCN1. The molecule has 3 rings (SSSR count). The Balaban J connectivity index is 1.69. The highest BCUT2D eigenvalue weighted by Crippen LogP contribution is 2.14. The Bertz CT molecular complexity index is 649. The second-order valence-corrected chi connectivity index (χ2v) is 4.95. The lowest BCUT2D eigenvalue weighted by Crippen LogP contribution is -2.35. The highest BCUT2D eigenvalue weighted by atomic mass is 16.2. The van der Waals surface area contributed by atoms with E-state index in [1.165, 1.54) is 0 Å². The van der Waals surface area contributed by atoms with Crippen LogP contribution in [0.15, 0.2) is 24.4 Å². The molecule has 0 aliphatic carbocycles. The quantitative estimate of drug-likeness (QED) is 0.833. The molecule has 2 heterocycles. The van der Waals surface area contributed by atoms with Gasteiger partial charge in [-0.25, -0.2) is 0 Å². The predicted molar refractivity (Wildman–Crippen MR) is 74.0 cm³/mol. The molecule has 2 aromatic rings. The van der Waals surface area contributed by atoms with Crippen LogP contribution in [0.4, 0.5) is 0 Å². The summed E-state index contributed by atoms with van der Waals surface area (Å²) in [4.78, 5) is 25.3. The first kappa shape index (κ1) is 12.7. The lowest BCUT2D eigenvalue weighted by atomic mass is 10.1. The van der Waals surface area contributed by atoms with Crippen LogP contribution in [0.3, 0.4) is 0 Å². The summed E-state index contributed by atoms with van der Waals surface area (Å²) in [5.41, 5.74) is 1.93. The van der Waals surface area contributed by atoms with Crippen molar-refractivity contribution in [3.8, 4) is 0 Å². The number of nitrogens with zero attached hydrogens (tertiary/aromatic N) is 2. The van der Waals surface area contributed by atoms with Crippen molar-refractivity contribution in [3.63, 3.8) is 0 Å². The largest absolute Gasteiger partial charge is 0.354 e. The summed E-state index contributed by atoms with van der Waals surface area (Å²) in [6.45, 7) is 1.61. The molecule has 0 radical (unpaired) electrons. The van der Waals surface area contributed by atoms with Crippen LogP contribution in [0, 0.1) is 0 Å². The normalized spacial score (nSPS) is 16.0. The van der Waals surface area contributed by atoms with Crippen LogP contribution in [-0.2, 0) is 16.0 Å². The van der Waals surface area contributed by atoms with E-state index in [-0.39, 0.29) is 11.8 Å². The molecule has 1 aromatic heterocycles. The second kappa shape index (κ2) is 5.32. The molecule has 0 spiro atoms. The minimum atomic E-state index is 0.0140. The van der Waals surface area contributed by atoms with E-state index < -0.39 is 0 Å². The van der Waals surface area contributed by atoms with Gasteiger partial charge in [-0.1, -0.05) is 6.07 Å². The van der Waals surface area contributed by atoms with Crippen molar-refractivity contribution < 1.29 is 9.59 Å². The number of carbonyl (C=O) groups is 2. The fraction of sp³-hybridized carbons (Fsp3) is 0.357. The molecular weight excluding hydrogens is 256 g/mol. The Kier molecular flexibility index (Phi) is 3.37. The van der Waals surface area contributed by atoms with Crippen molar-refractivity contribution in [2.45, 2.75) is 12.8 Å². The minimum absolute atomic E-state index is 0.0140. The van der Waals surface area contributed by atoms with E-state index in [4.69, 9.17) is 0 Å². The van der Waals surface area contributed by atoms with Crippen molar-refractivity contribution in [2.24, 2.45) is 0 Å². The molecule has 20 heavy (non-hydrogen) atoms. The van der Waals surface area contributed by atoms with Crippen LogP contribution >= 0.6 is 0 Å². The molecule has 0 saturated carbocycles. The van der Waals surface area contributed by atoms with Gasteiger partial charge in [0.25, 0.3) is 0 Å². The van der Waals surface area contributed by atoms with Gasteiger partial charge >= 0.3 is 0 Å². The summed E-state index contributed by atoms with van der Waals surface area (Å²) in [6, 6.07) is 5.83. The van der Waals surface area contributed by atoms with Crippen LogP contribution in [-0.4, -0.2) is 46.5 Å². The van der Waals surface area contributed by atoms with Gasteiger partial charge in [-0.15, -0.1) is 0 Å². The molecule has 104 valence electrons. The third-order valence-corrected chi connectivity index (χ3v) is 3.53. The first-order chi connectivity index (χ1) is 9.72. The van der Waals surface area contributed by atoms with Gasteiger partial charge in [0.1, 0.15) is 0 Å². The molecule has 0 unspecified atom stereocenters. The molecule has 2 N–H and O–H groups in total. The number of H-pyrrole nitrogens is 1. The highest BCUT2D eigenvalue weighted by Gasteiger charge is 2.18. The standard InChI is InChI=1S/C14H16N4O2/c19-13-3-5-18(6-4-15-13)14(20)8-10-1-2-12-11(7-10)9-16-17-12/h1-2,7,9H,3-6,8H2,(H,15,19)(H,16,17). The van der Waals surface area contributed by atoms with Gasteiger partial charge in [0.05, 0.1) is 18.1 Å². The predicted octanol–water partition coefficient (Wildman–Crippen LogP) is 0.454. The Morgan fingerprint density at radius 3 is 3.15 bits per heavy atom. The zero-order chi connectivity index (χ0) is 13.9. The summed E-state index contributed by atoms with van der Waals surface area (Å²) < 4.78 is 0. The molecule has 0 atom stereocenters. The van der Waals surface area contributed by atoms with E-state index in [0.29, 0.717) is 32.5 Å². The molecule has 6 nitrogen and oxygen atoms in total. The summed E-state index contributed by atoms with van der Waals surface area (Å²) in [7, 11) is 0. The van der Waals surface area contributed by atoms with Crippen LogP contribution in [0.1, 0.15) is 12.0 Å². The number of hydrogen-bond donors (Lipinski definition) is 2. The van der Waals surface area contributed by atoms with Gasteiger partial charge in [-0.2, -0.15) is 5.10 Å². The van der Waals surface area contributed by atoms with Gasteiger partial charge in [0.2, 0.25) is 11.8 Å². The Morgan fingerprint density at radius 2 is 2.25 bits per heavy atom. The maximum Gasteiger partial charge on any atom is 0.227 e. The maximum absolute atomic E-state index is 12.3. The van der Waals surface area contributed by atoms with E-state index in [2.05, 4.69) is 15.5 Å². The van der Waals surface area contributed by atoms with Gasteiger partial charge in [0, 0.05) is 31.4 Å². The van der Waals surface area contributed by atoms with Crippen molar-refractivity contribution in [1.82, 2.24) is 20.4 Å². The number of amides is 2. The van der Waals surface area contributed by atoms with Crippen molar-refractivity contribution >= 4 is 22.7 Å². The lowest BCUT2D eigenvalue weighted by molar-refractivity contribution is -0.130. The van der Waals surface area contributed by atoms with Gasteiger partial charge < -0.3 is 10.2 Å². The molecule has 1 aromatic carbocycles. The van der Waals surface area contributed by atoms with Gasteiger partial charge in [0.15, 0.2) is 0 Å². The molecule has 1 fully saturated rings. The monoisotopic (exact) mass is 272 g/mol. The van der Waals surface area contributed by atoms with E-state index in [0.717, 1.165) is 16.5 Å². The van der Waals surface area contributed by atoms with Gasteiger partial charge in [-0.3, -0.25) is 14.7 Å². The summed E-state index contributed by atoms with van der Waals surface area (Å²) >= 11 is 0. The second-order valence-electron chi connectivity index (χ2n) is 4.95. The third-order valence-electron chi connectivity index (χ3n) is 3.53. The molecule has 6 heteroatoms. The first-order valence-electron chi connectivity index (χ1n) is 6.69. The number of nitrogens with one attached hydrogen (secondary N) is 2. The molecule has 1 aliphatic heterocycles.